The molecule has 0 amide bonds. The molecule has 0 aromatic carbocycles. The number of H-pyrrole nitrogens is 1. The lowest BCUT2D eigenvalue weighted by atomic mass is 10.00. The summed E-state index contributed by atoms with van der Waals surface area (Å²) >= 11 is 1.52. The highest BCUT2D eigenvalue weighted by Gasteiger charge is 2.15. The van der Waals surface area contributed by atoms with Crippen molar-refractivity contribution in [2.75, 3.05) is 5.88 Å². The molecule has 0 spiro atoms. The minimum atomic E-state index is 0.484. The van der Waals surface area contributed by atoms with Gasteiger partial charge in [0.05, 0.1) is 35.3 Å². The number of nitrogens with one attached hydrogen (secondary N) is 1. The van der Waals surface area contributed by atoms with E-state index < -0.39 is 0 Å². The molecule has 0 unspecified atom stereocenters. The Kier molecular flexibility index (Phi) is 4.50. The fraction of sp³-hybridized carbons (Fsp3) is 0.188. The zero-order valence-corrected chi connectivity index (χ0v) is 12.9. The second-order valence-electron chi connectivity index (χ2n) is 4.79. The van der Waals surface area contributed by atoms with E-state index in [1.807, 2.05) is 6.07 Å². The molecule has 2 aromatic heterocycles. The number of hydrogen-bond donors (Lipinski definition) is 2. The molecule has 2 aromatic rings. The van der Waals surface area contributed by atoms with Crippen LogP contribution in [0.5, 0.6) is 0 Å². The van der Waals surface area contributed by atoms with E-state index in [2.05, 4.69) is 44.9 Å². The number of thioether (sulfide) groups is 1. The van der Waals surface area contributed by atoms with Gasteiger partial charge >= 0.3 is 0 Å². The average molecular weight is 311 g/mol. The minimum absolute atomic E-state index is 0.484. The molecule has 0 radical (unpaired) electrons. The lowest BCUT2D eigenvalue weighted by molar-refractivity contribution is 1.04. The van der Waals surface area contributed by atoms with E-state index in [1.165, 1.54) is 17.3 Å². The Morgan fingerprint density at radius 3 is 3.05 bits per heavy atom. The maximum Gasteiger partial charge on any atom is 0.0942 e. The van der Waals surface area contributed by atoms with Gasteiger partial charge in [-0.25, -0.2) is 4.98 Å². The van der Waals surface area contributed by atoms with Gasteiger partial charge in [-0.15, -0.1) is 11.8 Å². The first-order valence-corrected chi connectivity index (χ1v) is 8.01. The highest BCUT2D eigenvalue weighted by atomic mass is 32.2. The summed E-state index contributed by atoms with van der Waals surface area (Å²) in [4.78, 5) is 17.1. The standard InChI is InChI=1S/C16H17N5S/c1-18-13-8-19-12(7-14(13)22-9-17)16-15(20-10-21-16)11-5-3-2-4-6-11/h2-3,5,7-8,10H,1,4,6,9,17H2,(H,20,21). The van der Waals surface area contributed by atoms with E-state index in [4.69, 9.17) is 5.73 Å². The second kappa shape index (κ2) is 6.72. The predicted octanol–water partition coefficient (Wildman–Crippen LogP) is 3.55. The molecular formula is C16H17N5S. The van der Waals surface area contributed by atoms with Gasteiger partial charge < -0.3 is 10.7 Å². The van der Waals surface area contributed by atoms with Crippen LogP contribution in [0.15, 0.2) is 46.7 Å². The van der Waals surface area contributed by atoms with E-state index in [0.717, 1.165) is 40.5 Å². The summed E-state index contributed by atoms with van der Waals surface area (Å²) in [6.45, 7) is 3.58. The molecule has 0 atom stereocenters. The summed E-state index contributed by atoms with van der Waals surface area (Å²) in [5.74, 6) is 0.484. The van der Waals surface area contributed by atoms with Gasteiger partial charge in [0.25, 0.3) is 0 Å². The maximum absolute atomic E-state index is 5.64. The molecule has 0 aliphatic heterocycles. The summed E-state index contributed by atoms with van der Waals surface area (Å²) in [7, 11) is 0. The Bertz CT molecular complexity index is 745. The summed E-state index contributed by atoms with van der Waals surface area (Å²) in [5.41, 5.74) is 10.3. The fourth-order valence-corrected chi connectivity index (χ4v) is 3.06. The van der Waals surface area contributed by atoms with Crippen molar-refractivity contribution in [3.63, 3.8) is 0 Å². The lowest BCUT2D eigenvalue weighted by Crippen LogP contribution is -1.95. The molecule has 22 heavy (non-hydrogen) atoms. The van der Waals surface area contributed by atoms with Crippen LogP contribution in [0.2, 0.25) is 0 Å². The van der Waals surface area contributed by atoms with Crippen molar-refractivity contribution in [1.82, 2.24) is 15.0 Å². The number of hydrogen-bond acceptors (Lipinski definition) is 5. The monoisotopic (exact) mass is 311 g/mol. The van der Waals surface area contributed by atoms with Gasteiger partial charge in [-0.2, -0.15) is 0 Å². The molecule has 1 aliphatic rings. The lowest BCUT2D eigenvalue weighted by Gasteiger charge is -2.10. The summed E-state index contributed by atoms with van der Waals surface area (Å²) in [5, 5.41) is 0. The molecule has 112 valence electrons. The van der Waals surface area contributed by atoms with Crippen LogP contribution in [0.4, 0.5) is 5.69 Å². The molecule has 3 rings (SSSR count). The number of pyridine rings is 1. The topological polar surface area (TPSA) is 80.0 Å². The van der Waals surface area contributed by atoms with Gasteiger partial charge in [0.15, 0.2) is 0 Å². The van der Waals surface area contributed by atoms with Gasteiger partial charge in [-0.1, -0.05) is 18.2 Å². The van der Waals surface area contributed by atoms with Gasteiger partial charge in [0.2, 0.25) is 0 Å². The summed E-state index contributed by atoms with van der Waals surface area (Å²) in [6.07, 6.45) is 11.8. The molecular weight excluding hydrogens is 294 g/mol. The van der Waals surface area contributed by atoms with E-state index >= 15 is 0 Å². The second-order valence-corrected chi connectivity index (χ2v) is 5.85. The van der Waals surface area contributed by atoms with Crippen LogP contribution in [0.25, 0.3) is 17.0 Å². The van der Waals surface area contributed by atoms with Crippen molar-refractivity contribution in [3.05, 3.63) is 42.5 Å². The van der Waals surface area contributed by atoms with Crippen molar-refractivity contribution < 1.29 is 0 Å². The van der Waals surface area contributed by atoms with Gasteiger partial charge in [-0.3, -0.25) is 9.98 Å². The van der Waals surface area contributed by atoms with Crippen LogP contribution in [0.3, 0.4) is 0 Å². The van der Waals surface area contributed by atoms with Crippen molar-refractivity contribution in [2.45, 2.75) is 17.7 Å². The Morgan fingerprint density at radius 1 is 1.41 bits per heavy atom. The molecule has 6 heteroatoms. The van der Waals surface area contributed by atoms with Crippen LogP contribution in [0, 0.1) is 0 Å². The van der Waals surface area contributed by atoms with Crippen LogP contribution in [0.1, 0.15) is 18.5 Å². The first kappa shape index (κ1) is 14.7. The smallest absolute Gasteiger partial charge is 0.0942 e. The van der Waals surface area contributed by atoms with Crippen molar-refractivity contribution in [1.29, 1.82) is 0 Å². The Labute approximate surface area is 133 Å². The first-order chi connectivity index (χ1) is 10.8. The number of rotatable bonds is 5. The van der Waals surface area contributed by atoms with Crippen molar-refractivity contribution in [3.8, 4) is 11.4 Å². The van der Waals surface area contributed by atoms with Gasteiger partial charge in [0.1, 0.15) is 0 Å². The van der Waals surface area contributed by atoms with E-state index in [1.54, 1.807) is 12.5 Å². The molecule has 0 fully saturated rings. The number of aromatic nitrogens is 3. The fourth-order valence-electron chi connectivity index (χ4n) is 2.42. The number of nitrogens with zero attached hydrogens (tertiary/aromatic N) is 3. The van der Waals surface area contributed by atoms with Gasteiger partial charge in [0, 0.05) is 10.8 Å². The van der Waals surface area contributed by atoms with Crippen molar-refractivity contribution in [2.24, 2.45) is 10.7 Å². The van der Waals surface area contributed by atoms with Gasteiger partial charge in [-0.05, 0) is 31.2 Å². The van der Waals surface area contributed by atoms with E-state index in [0.29, 0.717) is 5.88 Å². The molecule has 0 saturated heterocycles. The third kappa shape index (κ3) is 2.88. The zero-order chi connectivity index (χ0) is 15.4. The zero-order valence-electron chi connectivity index (χ0n) is 12.1. The summed E-state index contributed by atoms with van der Waals surface area (Å²) < 4.78 is 0. The van der Waals surface area contributed by atoms with Crippen LogP contribution >= 0.6 is 11.8 Å². The third-order valence-electron chi connectivity index (χ3n) is 3.47. The maximum atomic E-state index is 5.64. The van der Waals surface area contributed by atoms with E-state index in [9.17, 15) is 0 Å². The molecule has 2 heterocycles. The quantitative estimate of drug-likeness (QED) is 0.503. The van der Waals surface area contributed by atoms with Crippen LogP contribution in [-0.2, 0) is 0 Å². The number of allylic oxidation sites excluding steroid dienone is 4. The molecule has 0 saturated carbocycles. The number of nitrogens with two attached hydrogens (primary N) is 1. The Morgan fingerprint density at radius 2 is 2.32 bits per heavy atom. The van der Waals surface area contributed by atoms with E-state index in [-0.39, 0.29) is 0 Å². The SMILES string of the molecule is C=Nc1cnc(-c2[nH]cnc2C2=CC=CCC2)cc1SCN. The minimum Gasteiger partial charge on any atom is -0.343 e. The third-order valence-corrected chi connectivity index (χ3v) is 4.27. The van der Waals surface area contributed by atoms with Crippen LogP contribution < -0.4 is 5.73 Å². The summed E-state index contributed by atoms with van der Waals surface area (Å²) in [6, 6.07) is 1.98. The molecule has 3 N–H and O–H groups in total. The van der Waals surface area contributed by atoms with Crippen molar-refractivity contribution >= 4 is 29.7 Å². The Hall–Kier alpha value is -2.18. The molecule has 1 aliphatic carbocycles. The predicted molar refractivity (Wildman–Crippen MR) is 92.3 cm³/mol. The average Bonchev–Trinajstić information content (AvgIpc) is 3.05. The highest BCUT2D eigenvalue weighted by Crippen LogP contribution is 2.34. The highest BCUT2D eigenvalue weighted by molar-refractivity contribution is 7.99. The Balaban J connectivity index is 2.03. The normalized spacial score (nSPS) is 14.0. The number of aliphatic imine (C=N–C) groups is 1. The molecule has 5 nitrogen and oxygen atoms in total. The number of aromatic amines is 1. The number of imidazole rings is 1. The molecule has 0 bridgehead atoms. The van der Waals surface area contributed by atoms with Crippen LogP contribution in [-0.4, -0.2) is 27.5 Å². The largest absolute Gasteiger partial charge is 0.343 e. The first-order valence-electron chi connectivity index (χ1n) is 7.03.